The molecule has 1 saturated carbocycles. The topological polar surface area (TPSA) is 59.7 Å². The van der Waals surface area contributed by atoms with Gasteiger partial charge in [-0.05, 0) is 60.8 Å². The van der Waals surface area contributed by atoms with E-state index in [4.69, 9.17) is 9.15 Å². The van der Waals surface area contributed by atoms with Crippen LogP contribution in [0, 0.1) is 17.8 Å². The summed E-state index contributed by atoms with van der Waals surface area (Å²) >= 11 is 0. The number of allylic oxidation sites excluding steroid dienone is 1. The van der Waals surface area contributed by atoms with E-state index >= 15 is 0 Å². The Kier molecular flexibility index (Phi) is 6.96. The predicted octanol–water partition coefficient (Wildman–Crippen LogP) is 5.79. The van der Waals surface area contributed by atoms with Gasteiger partial charge in [-0.15, -0.1) is 0 Å². The molecule has 0 amide bonds. The van der Waals surface area contributed by atoms with E-state index in [1.54, 1.807) is 12.1 Å². The maximum atomic E-state index is 13.4. The Bertz CT molecular complexity index is 820. The quantitative estimate of drug-likeness (QED) is 0.496. The molecule has 0 bridgehead atoms. The van der Waals surface area contributed by atoms with Crippen LogP contribution in [0.15, 0.2) is 58.7 Å². The molecule has 4 heteroatoms. The largest absolute Gasteiger partial charge is 0.466 e. The lowest BCUT2D eigenvalue weighted by atomic mass is 9.75. The van der Waals surface area contributed by atoms with E-state index in [0.29, 0.717) is 29.1 Å². The molecule has 0 radical (unpaired) electrons. The third-order valence-corrected chi connectivity index (χ3v) is 6.14. The van der Waals surface area contributed by atoms with Crippen molar-refractivity contribution >= 4 is 11.5 Å². The number of hydrogen-bond donors (Lipinski definition) is 1. The molecule has 29 heavy (non-hydrogen) atoms. The average Bonchev–Trinajstić information content (AvgIpc) is 3.23. The van der Waals surface area contributed by atoms with Gasteiger partial charge in [0.1, 0.15) is 18.0 Å². The van der Waals surface area contributed by atoms with Crippen molar-refractivity contribution in [2.45, 2.75) is 59.2 Å². The van der Waals surface area contributed by atoms with E-state index in [1.807, 2.05) is 37.3 Å². The van der Waals surface area contributed by atoms with Crippen molar-refractivity contribution in [1.82, 2.24) is 0 Å². The predicted molar refractivity (Wildman–Crippen MR) is 114 cm³/mol. The number of hydrogen-bond acceptors (Lipinski definition) is 4. The molecule has 0 unspecified atom stereocenters. The molecule has 0 aliphatic heterocycles. The number of rotatable bonds is 6. The summed E-state index contributed by atoms with van der Waals surface area (Å²) in [5.74, 6) is 1.19. The summed E-state index contributed by atoms with van der Waals surface area (Å²) in [7, 11) is 0. The van der Waals surface area contributed by atoms with Crippen LogP contribution in [0.25, 0.3) is 5.57 Å². The number of benzene rings is 1. The number of carbonyl (C=O) groups excluding carboxylic acids is 1. The highest BCUT2D eigenvalue weighted by atomic mass is 16.5. The van der Waals surface area contributed by atoms with E-state index in [1.165, 1.54) is 6.26 Å². The normalized spacial score (nSPS) is 24.1. The zero-order chi connectivity index (χ0) is 21.0. The molecular weight excluding hydrogens is 364 g/mol. The fourth-order valence-electron chi connectivity index (χ4n) is 4.35. The summed E-state index contributed by atoms with van der Waals surface area (Å²) in [6, 6.07) is 13.0. The standard InChI is InChI=1S/C25H32O4/c1-16(2)20-13-12-17(3)15-22(20)29-25(27)23(24(26)21-11-8-14-28-21)18(4)19-9-6-5-7-10-19/h5-11,14,16-17,20,22,24,26H,12-13,15H2,1-4H3/b23-18+/t17-,20+,22-,24-/m1/s1. The van der Waals surface area contributed by atoms with E-state index in [9.17, 15) is 9.90 Å². The second-order valence-corrected chi connectivity index (χ2v) is 8.59. The highest BCUT2D eigenvalue weighted by molar-refractivity contribution is 5.98. The summed E-state index contributed by atoms with van der Waals surface area (Å²) < 4.78 is 11.4. The van der Waals surface area contributed by atoms with Crippen molar-refractivity contribution in [3.05, 3.63) is 65.6 Å². The fourth-order valence-corrected chi connectivity index (χ4v) is 4.35. The molecule has 0 spiro atoms. The molecule has 4 nitrogen and oxygen atoms in total. The number of carbonyl (C=O) groups is 1. The van der Waals surface area contributed by atoms with Crippen molar-refractivity contribution in [2.75, 3.05) is 0 Å². The summed E-state index contributed by atoms with van der Waals surface area (Å²) in [6.07, 6.45) is 3.29. The Morgan fingerprint density at radius 3 is 2.48 bits per heavy atom. The van der Waals surface area contributed by atoms with Gasteiger partial charge in [-0.1, -0.05) is 57.5 Å². The van der Waals surface area contributed by atoms with Gasteiger partial charge in [-0.2, -0.15) is 0 Å². The molecule has 2 aromatic rings. The van der Waals surface area contributed by atoms with Crippen LogP contribution in [0.3, 0.4) is 0 Å². The minimum Gasteiger partial charge on any atom is -0.466 e. The van der Waals surface area contributed by atoms with E-state index in [0.717, 1.165) is 24.8 Å². The molecule has 1 aromatic heterocycles. The zero-order valence-electron chi connectivity index (χ0n) is 17.8. The first-order chi connectivity index (χ1) is 13.9. The summed E-state index contributed by atoms with van der Waals surface area (Å²) in [5.41, 5.74) is 1.82. The van der Waals surface area contributed by atoms with E-state index in [-0.39, 0.29) is 11.7 Å². The van der Waals surface area contributed by atoms with Gasteiger partial charge in [0.05, 0.1) is 11.8 Å². The van der Waals surface area contributed by atoms with Crippen LogP contribution < -0.4 is 0 Å². The summed E-state index contributed by atoms with van der Waals surface area (Å²) in [6.45, 7) is 8.43. The van der Waals surface area contributed by atoms with Gasteiger partial charge in [0, 0.05) is 0 Å². The first-order valence-electron chi connectivity index (χ1n) is 10.6. The average molecular weight is 397 g/mol. The fraction of sp³-hybridized carbons (Fsp3) is 0.480. The molecular formula is C25H32O4. The number of furan rings is 1. The van der Waals surface area contributed by atoms with Gasteiger partial charge >= 0.3 is 5.97 Å². The molecule has 1 N–H and O–H groups in total. The van der Waals surface area contributed by atoms with E-state index in [2.05, 4.69) is 20.8 Å². The lowest BCUT2D eigenvalue weighted by Gasteiger charge is -2.37. The van der Waals surface area contributed by atoms with Crippen LogP contribution >= 0.6 is 0 Å². The smallest absolute Gasteiger partial charge is 0.337 e. The monoisotopic (exact) mass is 396 g/mol. The van der Waals surface area contributed by atoms with Gasteiger partial charge in [-0.25, -0.2) is 4.79 Å². The summed E-state index contributed by atoms with van der Waals surface area (Å²) in [4.78, 5) is 13.4. The minimum absolute atomic E-state index is 0.131. The molecule has 1 heterocycles. The lowest BCUT2D eigenvalue weighted by Crippen LogP contribution is -2.36. The third-order valence-electron chi connectivity index (χ3n) is 6.14. The van der Waals surface area contributed by atoms with Crippen LogP contribution in [0.2, 0.25) is 0 Å². The number of aliphatic hydroxyl groups excluding tert-OH is 1. The summed E-state index contributed by atoms with van der Waals surface area (Å²) in [5, 5.41) is 11.0. The Morgan fingerprint density at radius 1 is 1.14 bits per heavy atom. The van der Waals surface area contributed by atoms with Crippen molar-refractivity contribution in [3.63, 3.8) is 0 Å². The van der Waals surface area contributed by atoms with E-state index < -0.39 is 12.1 Å². The highest BCUT2D eigenvalue weighted by Crippen LogP contribution is 2.37. The number of aliphatic hydroxyl groups is 1. The van der Waals surface area contributed by atoms with Crippen LogP contribution in [0.5, 0.6) is 0 Å². The first-order valence-corrected chi connectivity index (χ1v) is 10.6. The maximum absolute atomic E-state index is 13.4. The molecule has 1 aromatic carbocycles. The molecule has 156 valence electrons. The van der Waals surface area contributed by atoms with Gasteiger partial charge < -0.3 is 14.3 Å². The molecule has 4 atom stereocenters. The molecule has 0 saturated heterocycles. The third kappa shape index (κ3) is 4.99. The van der Waals surface area contributed by atoms with Crippen LogP contribution in [-0.2, 0) is 9.53 Å². The van der Waals surface area contributed by atoms with Crippen LogP contribution in [0.1, 0.15) is 64.4 Å². The van der Waals surface area contributed by atoms with Crippen molar-refractivity contribution in [3.8, 4) is 0 Å². The van der Waals surface area contributed by atoms with Crippen molar-refractivity contribution in [1.29, 1.82) is 0 Å². The second kappa shape index (κ2) is 9.45. The Balaban J connectivity index is 1.94. The second-order valence-electron chi connectivity index (χ2n) is 8.59. The SMILES string of the molecule is C/C(=C(\C(=O)O[C@@H]1C[C@H](C)CC[C@H]1C(C)C)[C@H](O)c1ccco1)c1ccccc1. The minimum atomic E-state index is -1.17. The number of esters is 1. The Hall–Kier alpha value is -2.33. The van der Waals surface area contributed by atoms with Gasteiger partial charge in [-0.3, -0.25) is 0 Å². The molecule has 1 fully saturated rings. The molecule has 1 aliphatic rings. The number of ether oxygens (including phenoxy) is 1. The van der Waals surface area contributed by atoms with Crippen molar-refractivity contribution < 1.29 is 19.1 Å². The molecule has 1 aliphatic carbocycles. The Labute approximate surface area is 173 Å². The van der Waals surface area contributed by atoms with Gasteiger partial charge in [0.2, 0.25) is 0 Å². The zero-order valence-corrected chi connectivity index (χ0v) is 17.8. The van der Waals surface area contributed by atoms with Gasteiger partial charge in [0.25, 0.3) is 0 Å². The maximum Gasteiger partial charge on any atom is 0.337 e. The molecule has 3 rings (SSSR count). The van der Waals surface area contributed by atoms with Gasteiger partial charge in [0.15, 0.2) is 0 Å². The van der Waals surface area contributed by atoms with Crippen LogP contribution in [-0.4, -0.2) is 17.2 Å². The van der Waals surface area contributed by atoms with Crippen LogP contribution in [0.4, 0.5) is 0 Å². The first kappa shape index (κ1) is 21.4. The highest BCUT2D eigenvalue weighted by Gasteiger charge is 2.36. The Morgan fingerprint density at radius 2 is 1.86 bits per heavy atom. The van der Waals surface area contributed by atoms with Crippen molar-refractivity contribution in [2.24, 2.45) is 17.8 Å². The lowest BCUT2D eigenvalue weighted by molar-refractivity contribution is -0.152.